The zero-order chi connectivity index (χ0) is 10.2. The summed E-state index contributed by atoms with van der Waals surface area (Å²) >= 11 is 7.59. The van der Waals surface area contributed by atoms with Gasteiger partial charge >= 0.3 is 0 Å². The van der Waals surface area contributed by atoms with Crippen LogP contribution in [0.1, 0.15) is 12.0 Å². The van der Waals surface area contributed by atoms with Gasteiger partial charge in [-0.25, -0.2) is 4.39 Å². The molecule has 0 spiro atoms. The van der Waals surface area contributed by atoms with Gasteiger partial charge < -0.3 is 5.11 Å². The van der Waals surface area contributed by atoms with Crippen LogP contribution < -0.4 is 0 Å². The lowest BCUT2D eigenvalue weighted by Gasteiger charge is -2.22. The fourth-order valence-corrected chi connectivity index (χ4v) is 3.18. The highest BCUT2D eigenvalue weighted by Gasteiger charge is 2.35. The van der Waals surface area contributed by atoms with Crippen LogP contribution in [0.15, 0.2) is 18.2 Å². The molecule has 1 atom stereocenters. The molecule has 0 aliphatic carbocycles. The van der Waals surface area contributed by atoms with Crippen LogP contribution in [-0.4, -0.2) is 16.6 Å². The number of rotatable bonds is 1. The van der Waals surface area contributed by atoms with Crippen LogP contribution in [0.4, 0.5) is 4.39 Å². The maximum Gasteiger partial charge on any atom is 0.123 e. The molecule has 14 heavy (non-hydrogen) atoms. The SMILES string of the molecule is OC1(c2cc(F)ccc2Cl)CCSC1. The monoisotopic (exact) mass is 232 g/mol. The van der Waals surface area contributed by atoms with E-state index in [-0.39, 0.29) is 5.82 Å². The average molecular weight is 233 g/mol. The van der Waals surface area contributed by atoms with Crippen LogP contribution >= 0.6 is 23.4 Å². The number of hydrogen-bond acceptors (Lipinski definition) is 2. The van der Waals surface area contributed by atoms with Crippen LogP contribution in [-0.2, 0) is 5.60 Å². The van der Waals surface area contributed by atoms with Gasteiger partial charge in [0.05, 0.1) is 0 Å². The molecule has 1 aliphatic heterocycles. The van der Waals surface area contributed by atoms with Crippen molar-refractivity contribution < 1.29 is 9.50 Å². The van der Waals surface area contributed by atoms with Crippen molar-refractivity contribution in [3.8, 4) is 0 Å². The molecule has 2 rings (SSSR count). The lowest BCUT2D eigenvalue weighted by Crippen LogP contribution is -2.25. The third kappa shape index (κ3) is 1.76. The van der Waals surface area contributed by atoms with E-state index in [9.17, 15) is 9.50 Å². The summed E-state index contributed by atoms with van der Waals surface area (Å²) in [6.07, 6.45) is 0.640. The van der Waals surface area contributed by atoms with Gasteiger partial charge in [0.15, 0.2) is 0 Å². The van der Waals surface area contributed by atoms with E-state index in [1.165, 1.54) is 18.2 Å². The molecule has 0 radical (unpaired) electrons. The van der Waals surface area contributed by atoms with E-state index in [0.29, 0.717) is 22.8 Å². The smallest absolute Gasteiger partial charge is 0.123 e. The second kappa shape index (κ2) is 3.72. The predicted octanol–water partition coefficient (Wildman–Crippen LogP) is 2.80. The van der Waals surface area contributed by atoms with Crippen molar-refractivity contribution in [1.82, 2.24) is 0 Å². The molecule has 1 aliphatic rings. The van der Waals surface area contributed by atoms with Crippen molar-refractivity contribution in [3.05, 3.63) is 34.6 Å². The normalized spacial score (nSPS) is 26.8. The molecule has 0 amide bonds. The Morgan fingerprint density at radius 2 is 2.29 bits per heavy atom. The van der Waals surface area contributed by atoms with Gasteiger partial charge in [-0.05, 0) is 30.4 Å². The molecule has 0 saturated carbocycles. The highest BCUT2D eigenvalue weighted by Crippen LogP contribution is 2.39. The standard InChI is InChI=1S/C10H10ClFOS/c11-9-2-1-7(12)5-8(9)10(13)3-4-14-6-10/h1-2,5,13H,3-4,6H2. The first-order chi connectivity index (χ1) is 6.62. The first kappa shape index (κ1) is 10.3. The fourth-order valence-electron chi connectivity index (χ4n) is 1.62. The Bertz CT molecular complexity index is 350. The largest absolute Gasteiger partial charge is 0.384 e. The highest BCUT2D eigenvalue weighted by molar-refractivity contribution is 7.99. The molecule has 1 aromatic carbocycles. The van der Waals surface area contributed by atoms with Crippen LogP contribution in [0.25, 0.3) is 0 Å². The zero-order valence-corrected chi connectivity index (χ0v) is 9.04. The van der Waals surface area contributed by atoms with E-state index in [1.807, 2.05) is 0 Å². The molecule has 4 heteroatoms. The number of hydrogen-bond donors (Lipinski definition) is 1. The minimum absolute atomic E-state index is 0.352. The van der Waals surface area contributed by atoms with Gasteiger partial charge in [0.2, 0.25) is 0 Å². The lowest BCUT2D eigenvalue weighted by atomic mass is 9.93. The van der Waals surface area contributed by atoms with Gasteiger partial charge in [0, 0.05) is 16.3 Å². The molecule has 76 valence electrons. The quantitative estimate of drug-likeness (QED) is 0.804. The topological polar surface area (TPSA) is 20.2 Å². The Labute approximate surface area is 91.3 Å². The van der Waals surface area contributed by atoms with E-state index in [0.717, 1.165) is 5.75 Å². The fraction of sp³-hybridized carbons (Fsp3) is 0.400. The zero-order valence-electron chi connectivity index (χ0n) is 7.46. The predicted molar refractivity (Wildman–Crippen MR) is 57.2 cm³/mol. The summed E-state index contributed by atoms with van der Waals surface area (Å²) < 4.78 is 13.0. The van der Waals surface area contributed by atoms with Gasteiger partial charge in [0.1, 0.15) is 11.4 Å². The van der Waals surface area contributed by atoms with Crippen molar-refractivity contribution in [3.63, 3.8) is 0 Å². The van der Waals surface area contributed by atoms with E-state index in [2.05, 4.69) is 0 Å². The Morgan fingerprint density at radius 1 is 1.50 bits per heavy atom. The first-order valence-corrected chi connectivity index (χ1v) is 5.91. The summed E-state index contributed by atoms with van der Waals surface area (Å²) in [5.41, 5.74) is -0.423. The molecular weight excluding hydrogens is 223 g/mol. The molecule has 1 nitrogen and oxygen atoms in total. The van der Waals surface area contributed by atoms with Crippen LogP contribution in [0.5, 0.6) is 0 Å². The molecule has 0 bridgehead atoms. The molecule has 1 N–H and O–H groups in total. The third-order valence-electron chi connectivity index (χ3n) is 2.43. The second-order valence-electron chi connectivity index (χ2n) is 3.46. The van der Waals surface area contributed by atoms with Gasteiger partial charge in [-0.2, -0.15) is 11.8 Å². The lowest BCUT2D eigenvalue weighted by molar-refractivity contribution is 0.0655. The van der Waals surface area contributed by atoms with Crippen LogP contribution in [0.2, 0.25) is 5.02 Å². The molecule has 0 aromatic heterocycles. The Hall–Kier alpha value is -0.250. The molecule has 1 heterocycles. The van der Waals surface area contributed by atoms with Crippen molar-refractivity contribution in [2.45, 2.75) is 12.0 Å². The highest BCUT2D eigenvalue weighted by atomic mass is 35.5. The summed E-state index contributed by atoms with van der Waals surface area (Å²) in [6, 6.07) is 4.12. The van der Waals surface area contributed by atoms with Crippen molar-refractivity contribution in [1.29, 1.82) is 0 Å². The number of aliphatic hydroxyl groups is 1. The first-order valence-electron chi connectivity index (χ1n) is 4.37. The number of benzene rings is 1. The van der Waals surface area contributed by atoms with Gasteiger partial charge in [-0.1, -0.05) is 11.6 Å². The summed E-state index contributed by atoms with van der Waals surface area (Å²) in [6.45, 7) is 0. The molecule has 1 fully saturated rings. The Kier molecular flexibility index (Phi) is 2.73. The van der Waals surface area contributed by atoms with Crippen LogP contribution in [0, 0.1) is 5.82 Å². The second-order valence-corrected chi connectivity index (χ2v) is 4.97. The Balaban J connectivity index is 2.44. The molecule has 1 aromatic rings. The van der Waals surface area contributed by atoms with E-state index >= 15 is 0 Å². The van der Waals surface area contributed by atoms with E-state index < -0.39 is 5.60 Å². The molecule has 1 unspecified atom stereocenters. The summed E-state index contributed by atoms with van der Waals surface area (Å²) in [7, 11) is 0. The average Bonchev–Trinajstić information content (AvgIpc) is 2.58. The molecular formula is C10H10ClFOS. The van der Waals surface area contributed by atoms with Crippen molar-refractivity contribution in [2.75, 3.05) is 11.5 Å². The summed E-state index contributed by atoms with van der Waals surface area (Å²) in [4.78, 5) is 0. The minimum atomic E-state index is -0.941. The van der Waals surface area contributed by atoms with Gasteiger partial charge in [-0.15, -0.1) is 0 Å². The summed E-state index contributed by atoms with van der Waals surface area (Å²) in [5, 5.41) is 10.6. The summed E-state index contributed by atoms with van der Waals surface area (Å²) in [5.74, 6) is 1.13. The molecule has 1 saturated heterocycles. The van der Waals surface area contributed by atoms with E-state index in [4.69, 9.17) is 11.6 Å². The van der Waals surface area contributed by atoms with Crippen LogP contribution in [0.3, 0.4) is 0 Å². The van der Waals surface area contributed by atoms with Gasteiger partial charge in [-0.3, -0.25) is 0 Å². The number of thioether (sulfide) groups is 1. The van der Waals surface area contributed by atoms with E-state index in [1.54, 1.807) is 11.8 Å². The van der Waals surface area contributed by atoms with Crippen molar-refractivity contribution in [2.24, 2.45) is 0 Å². The third-order valence-corrected chi connectivity index (χ3v) is 3.93. The number of halogens is 2. The van der Waals surface area contributed by atoms with Gasteiger partial charge in [0.25, 0.3) is 0 Å². The maximum absolute atomic E-state index is 13.0. The maximum atomic E-state index is 13.0. The Morgan fingerprint density at radius 3 is 2.93 bits per heavy atom. The van der Waals surface area contributed by atoms with Crippen molar-refractivity contribution >= 4 is 23.4 Å². The minimum Gasteiger partial charge on any atom is -0.384 e.